The molecule has 40 heavy (non-hydrogen) atoms. The van der Waals surface area contributed by atoms with Crippen molar-refractivity contribution >= 4 is 28.8 Å². The first-order valence-electron chi connectivity index (χ1n) is 15.0. The van der Waals surface area contributed by atoms with Gasteiger partial charge in [0.05, 0.1) is 12.6 Å². The first-order valence-corrected chi connectivity index (χ1v) is 15.0. The fourth-order valence-corrected chi connectivity index (χ4v) is 6.11. The number of nitrogens with zero attached hydrogens (tertiary/aromatic N) is 1. The van der Waals surface area contributed by atoms with Crippen LogP contribution in [-0.2, 0) is 25.4 Å². The molecule has 2 aromatic rings. The van der Waals surface area contributed by atoms with Crippen LogP contribution in [0.15, 0.2) is 28.7 Å². The Morgan fingerprint density at radius 2 is 1.75 bits per heavy atom. The molecule has 2 atom stereocenters. The molecule has 1 aliphatic carbocycles. The van der Waals surface area contributed by atoms with E-state index in [2.05, 4.69) is 0 Å². The van der Waals surface area contributed by atoms with Gasteiger partial charge in [0.25, 0.3) is 0 Å². The quantitative estimate of drug-likeness (QED) is 0.224. The monoisotopic (exact) mass is 555 g/mol. The lowest BCUT2D eigenvalue weighted by molar-refractivity contribution is -0.124. The molecular weight excluding hydrogens is 510 g/mol. The van der Waals surface area contributed by atoms with E-state index in [9.17, 15) is 14.4 Å². The Morgan fingerprint density at radius 1 is 1.00 bits per heavy atom. The molecule has 1 aromatic heterocycles. The van der Waals surface area contributed by atoms with Gasteiger partial charge in [-0.15, -0.1) is 0 Å². The summed E-state index contributed by atoms with van der Waals surface area (Å²) >= 11 is 0. The van der Waals surface area contributed by atoms with Crippen LogP contribution in [-0.4, -0.2) is 60.8 Å². The van der Waals surface area contributed by atoms with Crippen LogP contribution in [0, 0.1) is 11.8 Å². The van der Waals surface area contributed by atoms with Gasteiger partial charge in [-0.25, -0.2) is 9.59 Å². The number of hydrogen-bond acceptors (Lipinski definition) is 7. The van der Waals surface area contributed by atoms with Gasteiger partial charge in [0.15, 0.2) is 5.78 Å². The molecular formula is C32H45NO7. The van der Waals surface area contributed by atoms with Crippen molar-refractivity contribution in [3.8, 4) is 0 Å². The van der Waals surface area contributed by atoms with Crippen LogP contribution < -0.4 is 0 Å². The number of amides is 1. The summed E-state index contributed by atoms with van der Waals surface area (Å²) in [6, 6.07) is 6.72. The van der Waals surface area contributed by atoms with Crippen molar-refractivity contribution in [2.75, 3.05) is 26.4 Å². The van der Waals surface area contributed by atoms with Crippen LogP contribution in [0.2, 0.25) is 0 Å². The van der Waals surface area contributed by atoms with Gasteiger partial charge in [-0.1, -0.05) is 38.2 Å². The average molecular weight is 556 g/mol. The summed E-state index contributed by atoms with van der Waals surface area (Å²) in [5.74, 6) is 0.299. The van der Waals surface area contributed by atoms with Crippen molar-refractivity contribution < 1.29 is 33.0 Å². The van der Waals surface area contributed by atoms with Crippen molar-refractivity contribution in [1.82, 2.24) is 4.90 Å². The van der Waals surface area contributed by atoms with Gasteiger partial charge in [-0.05, 0) is 82.6 Å². The van der Waals surface area contributed by atoms with Gasteiger partial charge in [-0.3, -0.25) is 9.69 Å². The van der Waals surface area contributed by atoms with Crippen molar-refractivity contribution in [3.05, 3.63) is 35.6 Å². The number of furan rings is 1. The van der Waals surface area contributed by atoms with Gasteiger partial charge in [-0.2, -0.15) is 0 Å². The Morgan fingerprint density at radius 3 is 2.48 bits per heavy atom. The highest BCUT2D eigenvalue weighted by atomic mass is 16.6. The first kappa shape index (κ1) is 30.1. The van der Waals surface area contributed by atoms with Gasteiger partial charge in [0.2, 0.25) is 5.76 Å². The molecule has 0 bridgehead atoms. The minimum atomic E-state index is -0.623. The Labute approximate surface area is 237 Å². The summed E-state index contributed by atoms with van der Waals surface area (Å²) in [5, 5.41) is 0.743. The molecule has 8 heteroatoms. The maximum atomic E-state index is 13.9. The normalized spacial score (nSPS) is 20.1. The molecule has 2 aliphatic rings. The molecule has 0 unspecified atom stereocenters. The highest BCUT2D eigenvalue weighted by Crippen LogP contribution is 2.40. The van der Waals surface area contributed by atoms with Crippen LogP contribution >= 0.6 is 0 Å². The van der Waals surface area contributed by atoms with Crippen molar-refractivity contribution in [3.63, 3.8) is 0 Å². The minimum absolute atomic E-state index is 0.0356. The smallest absolute Gasteiger partial charge is 0.410 e. The maximum Gasteiger partial charge on any atom is 0.410 e. The molecule has 220 valence electrons. The number of fused-ring (bicyclic) bond motifs is 1. The average Bonchev–Trinajstić information content (AvgIpc) is 3.55. The molecule has 4 rings (SSSR count). The molecule has 1 amide bonds. The number of ketones is 1. The van der Waals surface area contributed by atoms with Crippen LogP contribution in [0.1, 0.15) is 95.2 Å². The second-order valence-electron chi connectivity index (χ2n) is 12.1. The van der Waals surface area contributed by atoms with Crippen LogP contribution in [0.3, 0.4) is 0 Å². The summed E-state index contributed by atoms with van der Waals surface area (Å²) in [5.41, 5.74) is 0.769. The van der Waals surface area contributed by atoms with E-state index < -0.39 is 23.7 Å². The number of likely N-dealkylation sites (tertiary alicyclic amines) is 1. The number of Topliss-reactive ketones (excluding diaryl/α,β-unsaturated/α-hetero) is 1. The standard InChI is InChI=1S/C32H45NO7/c1-5-37-17-9-10-18-38-30(35)28-21-24-19-22(13-14-27(24)39-28)20-26(34)29-25(23-11-7-6-8-12-23)15-16-33(29)31(36)40-32(2,3)4/h13-14,19,21,23,25,29H,5-12,15-18,20H2,1-4H3/t25-,29-/m0/s1. The van der Waals surface area contributed by atoms with Gasteiger partial charge >= 0.3 is 12.1 Å². The zero-order valence-electron chi connectivity index (χ0n) is 24.5. The minimum Gasteiger partial charge on any atom is -0.460 e. The maximum absolute atomic E-state index is 13.9. The highest BCUT2D eigenvalue weighted by molar-refractivity contribution is 5.94. The fraction of sp³-hybridized carbons (Fsp3) is 0.656. The lowest BCUT2D eigenvalue weighted by Crippen LogP contribution is -2.47. The highest BCUT2D eigenvalue weighted by Gasteiger charge is 2.46. The third-order valence-corrected chi connectivity index (χ3v) is 7.94. The molecule has 1 aliphatic heterocycles. The molecule has 1 saturated heterocycles. The molecule has 2 fully saturated rings. The molecule has 2 heterocycles. The van der Waals surface area contributed by atoms with Gasteiger partial charge < -0.3 is 18.6 Å². The fourth-order valence-electron chi connectivity index (χ4n) is 6.11. The topological polar surface area (TPSA) is 95.3 Å². The van der Waals surface area contributed by atoms with Crippen molar-refractivity contribution in [1.29, 1.82) is 0 Å². The number of benzene rings is 1. The summed E-state index contributed by atoms with van der Waals surface area (Å²) in [4.78, 5) is 41.1. The Balaban J connectivity index is 1.44. The van der Waals surface area contributed by atoms with Crippen molar-refractivity contribution in [2.24, 2.45) is 11.8 Å². The Kier molecular flexibility index (Phi) is 10.3. The zero-order valence-corrected chi connectivity index (χ0v) is 24.5. The summed E-state index contributed by atoms with van der Waals surface area (Å²) < 4.78 is 22.1. The molecule has 0 spiro atoms. The van der Waals surface area contributed by atoms with E-state index >= 15 is 0 Å². The number of rotatable bonds is 11. The number of hydrogen-bond donors (Lipinski definition) is 0. The zero-order chi connectivity index (χ0) is 28.7. The summed E-state index contributed by atoms with van der Waals surface area (Å²) in [6.07, 6.45) is 8.02. The van der Waals surface area contributed by atoms with E-state index in [0.29, 0.717) is 37.9 Å². The number of carbonyl (C=O) groups excluding carboxylic acids is 3. The Bertz CT molecular complexity index is 1160. The molecule has 1 aromatic carbocycles. The largest absolute Gasteiger partial charge is 0.460 e. The summed E-state index contributed by atoms with van der Waals surface area (Å²) in [6.45, 7) is 9.68. The van der Waals surface area contributed by atoms with E-state index in [1.165, 1.54) is 19.3 Å². The van der Waals surface area contributed by atoms with Gasteiger partial charge in [0.1, 0.15) is 11.2 Å². The van der Waals surface area contributed by atoms with E-state index in [1.54, 1.807) is 17.0 Å². The molecule has 0 N–H and O–H groups in total. The van der Waals surface area contributed by atoms with Crippen LogP contribution in [0.25, 0.3) is 11.0 Å². The second-order valence-corrected chi connectivity index (χ2v) is 12.1. The van der Waals surface area contributed by atoms with E-state index in [1.807, 2.05) is 39.8 Å². The van der Waals surface area contributed by atoms with E-state index in [4.69, 9.17) is 18.6 Å². The molecule has 0 radical (unpaired) electrons. The first-order chi connectivity index (χ1) is 19.2. The van der Waals surface area contributed by atoms with Crippen molar-refractivity contribution in [2.45, 2.75) is 97.1 Å². The predicted molar refractivity (Wildman–Crippen MR) is 152 cm³/mol. The number of unbranched alkanes of at least 4 members (excludes halogenated alkanes) is 1. The Hall–Kier alpha value is -2.87. The van der Waals surface area contributed by atoms with E-state index in [-0.39, 0.29) is 23.9 Å². The number of carbonyl (C=O) groups is 3. The lowest BCUT2D eigenvalue weighted by atomic mass is 9.75. The summed E-state index contributed by atoms with van der Waals surface area (Å²) in [7, 11) is 0. The lowest BCUT2D eigenvalue weighted by Gasteiger charge is -2.34. The van der Waals surface area contributed by atoms with Crippen LogP contribution in [0.4, 0.5) is 4.79 Å². The third-order valence-electron chi connectivity index (χ3n) is 7.94. The SMILES string of the molecule is CCOCCCCOC(=O)c1cc2cc(CC(=O)[C@@H]3[C@H](C4CCCCC4)CCN3C(=O)OC(C)(C)C)ccc2o1. The van der Waals surface area contributed by atoms with Crippen LogP contribution in [0.5, 0.6) is 0 Å². The number of ether oxygens (including phenoxy) is 3. The molecule has 8 nitrogen and oxygen atoms in total. The second kappa shape index (κ2) is 13.7. The third kappa shape index (κ3) is 7.87. The van der Waals surface area contributed by atoms with E-state index in [0.717, 1.165) is 43.1 Å². The predicted octanol–water partition coefficient (Wildman–Crippen LogP) is 6.72. The number of esters is 1. The molecule has 1 saturated carbocycles. The van der Waals surface area contributed by atoms with Gasteiger partial charge in [0, 0.05) is 31.6 Å².